The third kappa shape index (κ3) is 3.00. The van der Waals surface area contributed by atoms with E-state index < -0.39 is 0 Å². The summed E-state index contributed by atoms with van der Waals surface area (Å²) >= 11 is 2.19. The standard InChI is InChI=1S/C14H13FINO/c1-9(17)11-8-10(15)6-7-13(11)18-14-5-3-2-4-12(14)16/h2-9H,17H2,1H3. The van der Waals surface area contributed by atoms with E-state index in [0.717, 1.165) is 9.32 Å². The maximum atomic E-state index is 13.2. The minimum Gasteiger partial charge on any atom is -0.456 e. The minimum atomic E-state index is -0.308. The molecule has 4 heteroatoms. The summed E-state index contributed by atoms with van der Waals surface area (Å²) in [5.41, 5.74) is 6.49. The fourth-order valence-electron chi connectivity index (χ4n) is 1.61. The molecule has 0 aliphatic rings. The Kier molecular flexibility index (Phi) is 4.19. The van der Waals surface area contributed by atoms with E-state index in [-0.39, 0.29) is 11.9 Å². The van der Waals surface area contributed by atoms with Crippen LogP contribution in [-0.2, 0) is 0 Å². The van der Waals surface area contributed by atoms with E-state index in [2.05, 4.69) is 22.6 Å². The molecule has 2 nitrogen and oxygen atoms in total. The van der Waals surface area contributed by atoms with Gasteiger partial charge >= 0.3 is 0 Å². The third-order valence-corrected chi connectivity index (χ3v) is 3.41. The van der Waals surface area contributed by atoms with Crippen molar-refractivity contribution in [1.29, 1.82) is 0 Å². The Morgan fingerprint density at radius 2 is 1.89 bits per heavy atom. The summed E-state index contributed by atoms with van der Waals surface area (Å²) in [5.74, 6) is 1.03. The smallest absolute Gasteiger partial charge is 0.140 e. The van der Waals surface area contributed by atoms with Crippen molar-refractivity contribution in [3.05, 3.63) is 57.4 Å². The number of benzene rings is 2. The van der Waals surface area contributed by atoms with Gasteiger partial charge in [0.2, 0.25) is 0 Å². The summed E-state index contributed by atoms with van der Waals surface area (Å²) in [4.78, 5) is 0. The molecule has 94 valence electrons. The Balaban J connectivity index is 2.37. The predicted octanol–water partition coefficient (Wildman–Crippen LogP) is 4.24. The average molecular weight is 357 g/mol. The summed E-state index contributed by atoms with van der Waals surface area (Å²) < 4.78 is 20.0. The van der Waals surface area contributed by atoms with Crippen LogP contribution in [0.3, 0.4) is 0 Å². The predicted molar refractivity (Wildman–Crippen MR) is 78.2 cm³/mol. The molecule has 0 spiro atoms. The molecule has 2 aromatic rings. The van der Waals surface area contributed by atoms with Gasteiger partial charge in [-0.15, -0.1) is 0 Å². The van der Waals surface area contributed by atoms with Gasteiger partial charge in [-0.2, -0.15) is 0 Å². The fourth-order valence-corrected chi connectivity index (χ4v) is 2.11. The molecule has 0 saturated heterocycles. The first-order chi connectivity index (χ1) is 8.58. The molecule has 1 unspecified atom stereocenters. The molecule has 0 saturated carbocycles. The van der Waals surface area contributed by atoms with Gasteiger partial charge in [-0.1, -0.05) is 12.1 Å². The van der Waals surface area contributed by atoms with Gasteiger partial charge in [-0.3, -0.25) is 0 Å². The van der Waals surface area contributed by atoms with Crippen molar-refractivity contribution < 1.29 is 9.13 Å². The number of halogens is 2. The van der Waals surface area contributed by atoms with Gasteiger partial charge in [0.05, 0.1) is 3.57 Å². The number of para-hydroxylation sites is 1. The molecule has 2 aromatic carbocycles. The molecule has 2 rings (SSSR count). The van der Waals surface area contributed by atoms with Crippen LogP contribution >= 0.6 is 22.6 Å². The van der Waals surface area contributed by atoms with Crippen molar-refractivity contribution in [2.75, 3.05) is 0 Å². The largest absolute Gasteiger partial charge is 0.456 e. The monoisotopic (exact) mass is 357 g/mol. The molecular formula is C14H13FINO. The second kappa shape index (κ2) is 5.67. The zero-order valence-electron chi connectivity index (χ0n) is 9.86. The van der Waals surface area contributed by atoms with Crippen molar-refractivity contribution in [1.82, 2.24) is 0 Å². The molecule has 0 amide bonds. The second-order valence-electron chi connectivity index (χ2n) is 4.00. The highest BCUT2D eigenvalue weighted by molar-refractivity contribution is 14.1. The number of ether oxygens (including phenoxy) is 1. The highest BCUT2D eigenvalue weighted by atomic mass is 127. The molecule has 0 aliphatic carbocycles. The second-order valence-corrected chi connectivity index (χ2v) is 5.17. The zero-order valence-corrected chi connectivity index (χ0v) is 12.0. The number of rotatable bonds is 3. The quantitative estimate of drug-likeness (QED) is 0.834. The van der Waals surface area contributed by atoms with E-state index in [4.69, 9.17) is 10.5 Å². The van der Waals surface area contributed by atoms with Crippen molar-refractivity contribution in [2.24, 2.45) is 5.73 Å². The van der Waals surface area contributed by atoms with E-state index in [1.54, 1.807) is 13.0 Å². The fraction of sp³-hybridized carbons (Fsp3) is 0.143. The average Bonchev–Trinajstić information content (AvgIpc) is 2.34. The van der Waals surface area contributed by atoms with Crippen LogP contribution < -0.4 is 10.5 Å². The van der Waals surface area contributed by atoms with Gasteiger partial charge in [-0.05, 0) is 59.8 Å². The number of hydrogen-bond donors (Lipinski definition) is 1. The molecule has 0 fully saturated rings. The van der Waals surface area contributed by atoms with Crippen LogP contribution in [0.4, 0.5) is 4.39 Å². The number of hydrogen-bond acceptors (Lipinski definition) is 2. The first-order valence-electron chi connectivity index (χ1n) is 5.55. The Labute approximate surface area is 119 Å². The van der Waals surface area contributed by atoms with Gasteiger partial charge in [0.1, 0.15) is 17.3 Å². The Morgan fingerprint density at radius 3 is 2.56 bits per heavy atom. The summed E-state index contributed by atoms with van der Waals surface area (Å²) in [7, 11) is 0. The topological polar surface area (TPSA) is 35.2 Å². The molecule has 18 heavy (non-hydrogen) atoms. The summed E-state index contributed by atoms with van der Waals surface area (Å²) in [6.45, 7) is 1.80. The van der Waals surface area contributed by atoms with Crippen LogP contribution in [0.5, 0.6) is 11.5 Å². The maximum absolute atomic E-state index is 13.2. The van der Waals surface area contributed by atoms with Crippen LogP contribution in [0.15, 0.2) is 42.5 Å². The van der Waals surface area contributed by atoms with Gasteiger partial charge in [0, 0.05) is 11.6 Å². The lowest BCUT2D eigenvalue weighted by Gasteiger charge is -2.14. The summed E-state index contributed by atoms with van der Waals surface area (Å²) in [5, 5.41) is 0. The molecule has 0 aliphatic heterocycles. The first kappa shape index (κ1) is 13.3. The van der Waals surface area contributed by atoms with Crippen molar-refractivity contribution in [3.8, 4) is 11.5 Å². The van der Waals surface area contributed by atoms with Crippen LogP contribution in [0.25, 0.3) is 0 Å². The lowest BCUT2D eigenvalue weighted by Crippen LogP contribution is -2.07. The highest BCUT2D eigenvalue weighted by Gasteiger charge is 2.11. The van der Waals surface area contributed by atoms with Crippen LogP contribution in [-0.4, -0.2) is 0 Å². The Hall–Kier alpha value is -1.14. The van der Waals surface area contributed by atoms with Gasteiger partial charge < -0.3 is 10.5 Å². The molecule has 0 heterocycles. The van der Waals surface area contributed by atoms with E-state index in [1.807, 2.05) is 24.3 Å². The van der Waals surface area contributed by atoms with Crippen LogP contribution in [0.1, 0.15) is 18.5 Å². The molecule has 0 bridgehead atoms. The lowest BCUT2D eigenvalue weighted by atomic mass is 10.1. The van der Waals surface area contributed by atoms with Crippen LogP contribution in [0.2, 0.25) is 0 Å². The zero-order chi connectivity index (χ0) is 13.1. The molecule has 2 N–H and O–H groups in total. The maximum Gasteiger partial charge on any atom is 0.140 e. The SMILES string of the molecule is CC(N)c1cc(F)ccc1Oc1ccccc1I. The van der Waals surface area contributed by atoms with Gasteiger partial charge in [0.15, 0.2) is 0 Å². The summed E-state index contributed by atoms with van der Waals surface area (Å²) in [6.07, 6.45) is 0. The van der Waals surface area contributed by atoms with E-state index in [0.29, 0.717) is 11.3 Å². The number of nitrogens with two attached hydrogens (primary N) is 1. The van der Waals surface area contributed by atoms with Gasteiger partial charge in [-0.25, -0.2) is 4.39 Å². The van der Waals surface area contributed by atoms with Crippen molar-refractivity contribution >= 4 is 22.6 Å². The lowest BCUT2D eigenvalue weighted by molar-refractivity contribution is 0.466. The Morgan fingerprint density at radius 1 is 1.17 bits per heavy atom. The molecular weight excluding hydrogens is 344 g/mol. The minimum absolute atomic E-state index is 0.280. The van der Waals surface area contributed by atoms with E-state index in [9.17, 15) is 4.39 Å². The van der Waals surface area contributed by atoms with Crippen LogP contribution in [0, 0.1) is 9.39 Å². The highest BCUT2D eigenvalue weighted by Crippen LogP contribution is 2.31. The summed E-state index contributed by atoms with van der Waals surface area (Å²) in [6, 6.07) is 11.8. The van der Waals surface area contributed by atoms with Gasteiger partial charge in [0.25, 0.3) is 0 Å². The third-order valence-electron chi connectivity index (χ3n) is 2.52. The Bertz CT molecular complexity index is 557. The normalized spacial score (nSPS) is 12.2. The van der Waals surface area contributed by atoms with Crippen molar-refractivity contribution in [2.45, 2.75) is 13.0 Å². The van der Waals surface area contributed by atoms with E-state index >= 15 is 0 Å². The van der Waals surface area contributed by atoms with Crippen molar-refractivity contribution in [3.63, 3.8) is 0 Å². The molecule has 1 atom stereocenters. The molecule has 0 aromatic heterocycles. The molecule has 0 radical (unpaired) electrons. The van der Waals surface area contributed by atoms with E-state index in [1.165, 1.54) is 12.1 Å². The first-order valence-corrected chi connectivity index (χ1v) is 6.63.